The molecule has 0 unspecified atom stereocenters. The zero-order chi connectivity index (χ0) is 11.9. The zero-order valence-electron chi connectivity index (χ0n) is 9.28. The molecule has 0 radical (unpaired) electrons. The van der Waals surface area contributed by atoms with Crippen molar-refractivity contribution in [2.45, 2.75) is 0 Å². The van der Waals surface area contributed by atoms with Crippen LogP contribution in [0.2, 0.25) is 0 Å². The Morgan fingerprint density at radius 1 is 0.889 bits per heavy atom. The van der Waals surface area contributed by atoms with E-state index in [9.17, 15) is 0 Å². The maximum absolute atomic E-state index is 4.47. The van der Waals surface area contributed by atoms with Gasteiger partial charge in [-0.3, -0.25) is 4.98 Å². The Bertz CT molecular complexity index is 818. The van der Waals surface area contributed by atoms with Crippen molar-refractivity contribution in [2.75, 3.05) is 0 Å². The van der Waals surface area contributed by atoms with Gasteiger partial charge in [0.25, 0.3) is 0 Å². The summed E-state index contributed by atoms with van der Waals surface area (Å²) in [5, 5.41) is 1.67. The zero-order valence-corrected chi connectivity index (χ0v) is 9.28. The highest BCUT2D eigenvalue weighted by Gasteiger charge is 2.13. The predicted octanol–water partition coefficient (Wildman–Crippen LogP) is 1.09. The molecule has 0 fully saturated rings. The van der Waals surface area contributed by atoms with Crippen molar-refractivity contribution in [3.8, 4) is 0 Å². The Morgan fingerprint density at radius 3 is 2.72 bits per heavy atom. The average Bonchev–Trinajstić information content (AvgIpc) is 3.01. The van der Waals surface area contributed by atoms with Gasteiger partial charge in [0.05, 0.1) is 22.1 Å². The second-order valence-corrected chi connectivity index (χ2v) is 3.97. The minimum Gasteiger partial charge on any atom is -0.253 e. The van der Waals surface area contributed by atoms with Crippen LogP contribution in [-0.4, -0.2) is 17.2 Å². The molecule has 0 saturated carbocycles. The maximum atomic E-state index is 4.47. The van der Waals surface area contributed by atoms with Crippen molar-refractivity contribution in [2.24, 2.45) is 20.0 Å². The van der Waals surface area contributed by atoms with Crippen LogP contribution < -0.4 is 10.7 Å². The summed E-state index contributed by atoms with van der Waals surface area (Å²) in [4.78, 5) is 21.5. The molecule has 18 heavy (non-hydrogen) atoms. The molecule has 1 aromatic carbocycles. The Kier molecular flexibility index (Phi) is 1.77. The summed E-state index contributed by atoms with van der Waals surface area (Å²) in [6.07, 6.45) is 3.28. The molecule has 3 heterocycles. The molecule has 84 valence electrons. The Labute approximate surface area is 102 Å². The quantitative estimate of drug-likeness (QED) is 0.727. The van der Waals surface area contributed by atoms with Gasteiger partial charge in [-0.05, 0) is 24.3 Å². The third-order valence-corrected chi connectivity index (χ3v) is 2.81. The fraction of sp³-hybridized carbons (Fsp3) is 0. The topological polar surface area (TPSA) is 62.3 Å². The number of hydrogen-bond donors (Lipinski definition) is 0. The smallest absolute Gasteiger partial charge is 0.179 e. The maximum Gasteiger partial charge on any atom is 0.179 e. The van der Waals surface area contributed by atoms with Crippen molar-refractivity contribution in [1.29, 1.82) is 0 Å². The van der Waals surface area contributed by atoms with Gasteiger partial charge in [0, 0.05) is 6.20 Å². The molecule has 0 bridgehead atoms. The van der Waals surface area contributed by atoms with E-state index in [1.807, 2.05) is 30.3 Å². The van der Waals surface area contributed by atoms with Crippen LogP contribution in [0.3, 0.4) is 0 Å². The van der Waals surface area contributed by atoms with E-state index in [1.165, 1.54) is 0 Å². The lowest BCUT2D eigenvalue weighted by molar-refractivity contribution is 1.27. The van der Waals surface area contributed by atoms with Gasteiger partial charge >= 0.3 is 0 Å². The average molecular weight is 233 g/mol. The van der Waals surface area contributed by atoms with Gasteiger partial charge in [-0.25, -0.2) is 20.0 Å². The normalized spacial score (nSPS) is 14.6. The molecule has 0 N–H and O–H groups in total. The van der Waals surface area contributed by atoms with Gasteiger partial charge in [0.1, 0.15) is 12.0 Å². The van der Waals surface area contributed by atoms with Gasteiger partial charge in [-0.15, -0.1) is 0 Å². The molecular weight excluding hydrogens is 226 g/mol. The molecule has 0 amide bonds. The number of hydrogen-bond acceptors (Lipinski definition) is 5. The highest BCUT2D eigenvalue weighted by Crippen LogP contribution is 2.16. The summed E-state index contributed by atoms with van der Waals surface area (Å²) >= 11 is 0. The summed E-state index contributed by atoms with van der Waals surface area (Å²) in [5.41, 5.74) is 2.44. The van der Waals surface area contributed by atoms with E-state index >= 15 is 0 Å². The molecule has 5 nitrogen and oxygen atoms in total. The number of benzene rings is 1. The Morgan fingerprint density at radius 2 is 1.83 bits per heavy atom. The van der Waals surface area contributed by atoms with E-state index in [0.717, 1.165) is 27.8 Å². The van der Waals surface area contributed by atoms with Crippen LogP contribution in [0.25, 0.3) is 0 Å². The first-order valence-corrected chi connectivity index (χ1v) is 5.53. The third kappa shape index (κ3) is 1.31. The van der Waals surface area contributed by atoms with E-state index in [4.69, 9.17) is 0 Å². The number of aliphatic imine (C=N–C) groups is 2. The molecular formula is C13H7N5. The number of rotatable bonds is 1. The summed E-state index contributed by atoms with van der Waals surface area (Å²) in [5.74, 6) is 0.637. The fourth-order valence-corrected chi connectivity index (χ4v) is 1.96. The van der Waals surface area contributed by atoms with Crippen LogP contribution >= 0.6 is 0 Å². The number of nitrogens with zero attached hydrogens (tertiary/aromatic N) is 5. The van der Waals surface area contributed by atoms with Crippen molar-refractivity contribution in [3.05, 3.63) is 52.9 Å². The standard InChI is InChI=1S/C13H7N5/c1-2-4-14-8(3-1)13-17-11-5-9-10(16-7-15-9)6-12(11)18-13/h1-7H. The van der Waals surface area contributed by atoms with E-state index < -0.39 is 0 Å². The summed E-state index contributed by atoms with van der Waals surface area (Å²) in [6.45, 7) is 0. The van der Waals surface area contributed by atoms with E-state index in [0.29, 0.717) is 5.84 Å². The molecule has 5 heteroatoms. The van der Waals surface area contributed by atoms with Crippen LogP contribution in [0, 0.1) is 0 Å². The summed E-state index contributed by atoms with van der Waals surface area (Å²) in [7, 11) is 0. The van der Waals surface area contributed by atoms with Crippen molar-refractivity contribution < 1.29 is 0 Å². The van der Waals surface area contributed by atoms with Gasteiger partial charge in [-0.2, -0.15) is 0 Å². The van der Waals surface area contributed by atoms with Crippen LogP contribution in [0.4, 0.5) is 11.4 Å². The molecule has 0 atom stereocenters. The van der Waals surface area contributed by atoms with Gasteiger partial charge in [0.2, 0.25) is 0 Å². The van der Waals surface area contributed by atoms with Crippen LogP contribution in [0.5, 0.6) is 0 Å². The number of fused-ring (bicyclic) bond motifs is 2. The molecule has 2 aliphatic heterocycles. The van der Waals surface area contributed by atoms with E-state index in [2.05, 4.69) is 25.0 Å². The molecule has 2 aliphatic rings. The second-order valence-electron chi connectivity index (χ2n) is 3.97. The molecule has 1 aromatic heterocycles. The number of pyridine rings is 1. The highest BCUT2D eigenvalue weighted by atomic mass is 15.0. The molecule has 4 rings (SSSR count). The minimum atomic E-state index is 0.637. The summed E-state index contributed by atoms with van der Waals surface area (Å²) in [6, 6.07) is 9.48. The lowest BCUT2D eigenvalue weighted by Crippen LogP contribution is -2.07. The minimum absolute atomic E-state index is 0.637. The first-order chi connectivity index (χ1) is 8.90. The van der Waals surface area contributed by atoms with E-state index in [1.54, 1.807) is 12.5 Å². The van der Waals surface area contributed by atoms with Gasteiger partial charge in [-0.1, -0.05) is 6.07 Å². The van der Waals surface area contributed by atoms with Crippen molar-refractivity contribution in [1.82, 2.24) is 4.98 Å². The molecule has 0 spiro atoms. The molecule has 0 aliphatic carbocycles. The summed E-state index contributed by atoms with van der Waals surface area (Å²) < 4.78 is 0. The Hall–Kier alpha value is -2.69. The third-order valence-electron chi connectivity index (χ3n) is 2.81. The van der Waals surface area contributed by atoms with Crippen molar-refractivity contribution in [3.63, 3.8) is 0 Å². The first kappa shape index (κ1) is 9.35. The molecule has 0 saturated heterocycles. The second kappa shape index (κ2) is 3.40. The van der Waals surface area contributed by atoms with Crippen LogP contribution in [-0.2, 0) is 0 Å². The van der Waals surface area contributed by atoms with Crippen LogP contribution in [0.15, 0.2) is 56.5 Å². The fourth-order valence-electron chi connectivity index (χ4n) is 1.96. The lowest BCUT2D eigenvalue weighted by Gasteiger charge is -1.93. The van der Waals surface area contributed by atoms with Gasteiger partial charge in [0.15, 0.2) is 5.84 Å². The largest absolute Gasteiger partial charge is 0.253 e. The molecule has 2 aromatic rings. The number of aromatic nitrogens is 1. The monoisotopic (exact) mass is 233 g/mol. The predicted molar refractivity (Wildman–Crippen MR) is 67.3 cm³/mol. The highest BCUT2D eigenvalue weighted by molar-refractivity contribution is 6.01. The van der Waals surface area contributed by atoms with Crippen LogP contribution in [0.1, 0.15) is 5.69 Å². The van der Waals surface area contributed by atoms with Crippen molar-refractivity contribution >= 4 is 23.5 Å². The lowest BCUT2D eigenvalue weighted by atomic mass is 10.2. The number of amidine groups is 1. The van der Waals surface area contributed by atoms with E-state index in [-0.39, 0.29) is 0 Å². The Balaban J connectivity index is 1.90. The first-order valence-electron chi connectivity index (χ1n) is 5.53. The van der Waals surface area contributed by atoms with Gasteiger partial charge < -0.3 is 0 Å². The SMILES string of the molecule is C1=Nc2cc3c(cc2=N1)N=C(c1ccccn1)N=3.